The minimum Gasteiger partial charge on any atom is -0.465 e. The van der Waals surface area contributed by atoms with Gasteiger partial charge in [-0.15, -0.1) is 0 Å². The van der Waals surface area contributed by atoms with Gasteiger partial charge >= 0.3 is 12.0 Å². The monoisotopic (exact) mass is 257 g/mol. The summed E-state index contributed by atoms with van der Waals surface area (Å²) in [5.74, 6) is -0.402. The van der Waals surface area contributed by atoms with Gasteiger partial charge in [0, 0.05) is 25.2 Å². The highest BCUT2D eigenvalue weighted by molar-refractivity contribution is 5.80. The zero-order chi connectivity index (χ0) is 13.7. The Hall–Kier alpha value is -1.30. The van der Waals surface area contributed by atoms with Crippen molar-refractivity contribution < 1.29 is 14.3 Å². The van der Waals surface area contributed by atoms with E-state index in [0.29, 0.717) is 31.8 Å². The van der Waals surface area contributed by atoms with Crippen LogP contribution in [0.1, 0.15) is 20.8 Å². The van der Waals surface area contributed by atoms with Crippen molar-refractivity contribution in [2.45, 2.75) is 32.9 Å². The fourth-order valence-electron chi connectivity index (χ4n) is 2.04. The molecule has 6 nitrogen and oxygen atoms in total. The molecule has 1 fully saturated rings. The summed E-state index contributed by atoms with van der Waals surface area (Å²) in [6.07, 6.45) is 0. The fourth-order valence-corrected chi connectivity index (χ4v) is 2.04. The molecule has 104 valence electrons. The molecule has 1 aliphatic rings. The first-order valence-corrected chi connectivity index (χ1v) is 6.36. The Kier molecular flexibility index (Phi) is 5.40. The fraction of sp³-hybridized carbons (Fsp3) is 0.833. The number of rotatable bonds is 3. The van der Waals surface area contributed by atoms with Gasteiger partial charge in [-0.2, -0.15) is 0 Å². The summed E-state index contributed by atoms with van der Waals surface area (Å²) >= 11 is 0. The van der Waals surface area contributed by atoms with Crippen molar-refractivity contribution in [2.24, 2.45) is 0 Å². The Labute approximate surface area is 108 Å². The third kappa shape index (κ3) is 3.87. The van der Waals surface area contributed by atoms with Crippen molar-refractivity contribution in [3.05, 3.63) is 0 Å². The van der Waals surface area contributed by atoms with Crippen molar-refractivity contribution in [2.75, 3.05) is 33.3 Å². The number of ether oxygens (including phenoxy) is 1. The molecule has 1 rings (SSSR count). The van der Waals surface area contributed by atoms with Crippen LogP contribution in [0.3, 0.4) is 0 Å². The summed E-state index contributed by atoms with van der Waals surface area (Å²) in [6.45, 7) is 7.52. The molecule has 1 saturated heterocycles. The molecular formula is C12H23N3O3. The van der Waals surface area contributed by atoms with E-state index in [4.69, 9.17) is 4.74 Å². The number of likely N-dealkylation sites (N-methyl/N-ethyl adjacent to an activating group) is 1. The highest BCUT2D eigenvalue weighted by Crippen LogP contribution is 2.12. The van der Waals surface area contributed by atoms with Gasteiger partial charge in [-0.25, -0.2) is 4.79 Å². The van der Waals surface area contributed by atoms with Crippen LogP contribution < -0.4 is 5.32 Å². The molecule has 6 heteroatoms. The number of hydrogen-bond acceptors (Lipinski definition) is 4. The van der Waals surface area contributed by atoms with E-state index in [9.17, 15) is 9.59 Å². The number of amides is 2. The zero-order valence-electron chi connectivity index (χ0n) is 11.6. The smallest absolute Gasteiger partial charge is 0.325 e. The minimum absolute atomic E-state index is 0.0677. The first kappa shape index (κ1) is 14.8. The molecule has 0 aliphatic carbocycles. The average molecular weight is 257 g/mol. The van der Waals surface area contributed by atoms with Crippen LogP contribution >= 0.6 is 0 Å². The SMILES string of the molecule is CCOC(=O)CNC(=O)N1CC(C)N(C)C(C)C1. The quantitative estimate of drug-likeness (QED) is 0.738. The van der Waals surface area contributed by atoms with Gasteiger partial charge in [0.25, 0.3) is 0 Å². The van der Waals surface area contributed by atoms with E-state index in [1.54, 1.807) is 11.8 Å². The van der Waals surface area contributed by atoms with Gasteiger partial charge < -0.3 is 15.0 Å². The summed E-state index contributed by atoms with van der Waals surface area (Å²) in [6, 6.07) is 0.444. The van der Waals surface area contributed by atoms with Crippen LogP contribution in [-0.4, -0.2) is 67.2 Å². The second-order valence-corrected chi connectivity index (χ2v) is 4.73. The van der Waals surface area contributed by atoms with Crippen LogP contribution in [0.25, 0.3) is 0 Å². The molecule has 1 heterocycles. The third-order valence-corrected chi connectivity index (χ3v) is 3.34. The molecule has 2 unspecified atom stereocenters. The normalized spacial score (nSPS) is 24.8. The van der Waals surface area contributed by atoms with Crippen LogP contribution in [0.4, 0.5) is 4.79 Å². The van der Waals surface area contributed by atoms with Crippen LogP contribution in [0.5, 0.6) is 0 Å². The third-order valence-electron chi connectivity index (χ3n) is 3.34. The average Bonchev–Trinajstić information content (AvgIpc) is 2.32. The molecule has 0 aromatic rings. The number of urea groups is 1. The summed E-state index contributed by atoms with van der Waals surface area (Å²) in [5.41, 5.74) is 0. The number of nitrogens with one attached hydrogen (secondary N) is 1. The second-order valence-electron chi connectivity index (χ2n) is 4.73. The van der Waals surface area contributed by atoms with E-state index in [2.05, 4.69) is 31.1 Å². The molecule has 2 atom stereocenters. The van der Waals surface area contributed by atoms with E-state index >= 15 is 0 Å². The Morgan fingerprint density at radius 2 is 1.83 bits per heavy atom. The topological polar surface area (TPSA) is 61.9 Å². The Balaban J connectivity index is 2.40. The van der Waals surface area contributed by atoms with Gasteiger partial charge in [0.15, 0.2) is 0 Å². The largest absolute Gasteiger partial charge is 0.465 e. The molecule has 1 N–H and O–H groups in total. The lowest BCUT2D eigenvalue weighted by Crippen LogP contribution is -2.58. The van der Waals surface area contributed by atoms with Crippen LogP contribution in [0, 0.1) is 0 Å². The molecule has 0 radical (unpaired) electrons. The lowest BCUT2D eigenvalue weighted by atomic mass is 10.1. The van der Waals surface area contributed by atoms with E-state index < -0.39 is 5.97 Å². The van der Waals surface area contributed by atoms with Crippen molar-refractivity contribution in [1.82, 2.24) is 15.1 Å². The molecule has 2 amide bonds. The Morgan fingerprint density at radius 3 is 2.33 bits per heavy atom. The number of carbonyl (C=O) groups is 2. The number of carbonyl (C=O) groups excluding carboxylic acids is 2. The highest BCUT2D eigenvalue weighted by Gasteiger charge is 2.29. The van der Waals surface area contributed by atoms with Gasteiger partial charge in [0.1, 0.15) is 6.54 Å². The number of esters is 1. The van der Waals surface area contributed by atoms with Gasteiger partial charge in [-0.3, -0.25) is 9.69 Å². The van der Waals surface area contributed by atoms with E-state index in [-0.39, 0.29) is 12.6 Å². The summed E-state index contributed by atoms with van der Waals surface area (Å²) in [7, 11) is 2.06. The summed E-state index contributed by atoms with van der Waals surface area (Å²) in [5, 5.41) is 2.59. The lowest BCUT2D eigenvalue weighted by molar-refractivity contribution is -0.141. The summed E-state index contributed by atoms with van der Waals surface area (Å²) in [4.78, 5) is 27.0. The van der Waals surface area contributed by atoms with Gasteiger partial charge in [0.05, 0.1) is 6.61 Å². The first-order chi connectivity index (χ1) is 8.45. The summed E-state index contributed by atoms with van der Waals surface area (Å²) < 4.78 is 4.76. The van der Waals surface area contributed by atoms with Crippen LogP contribution in [0.15, 0.2) is 0 Å². The molecule has 0 saturated carbocycles. The molecule has 0 spiro atoms. The van der Waals surface area contributed by atoms with Gasteiger partial charge in [-0.1, -0.05) is 0 Å². The molecule has 18 heavy (non-hydrogen) atoms. The Morgan fingerprint density at radius 1 is 1.28 bits per heavy atom. The molecule has 0 bridgehead atoms. The maximum Gasteiger partial charge on any atom is 0.325 e. The number of piperazine rings is 1. The maximum absolute atomic E-state index is 11.9. The van der Waals surface area contributed by atoms with Gasteiger partial charge in [0.2, 0.25) is 0 Å². The first-order valence-electron chi connectivity index (χ1n) is 6.36. The van der Waals surface area contributed by atoms with E-state index in [1.807, 2.05) is 0 Å². The second kappa shape index (κ2) is 6.58. The number of nitrogens with zero attached hydrogens (tertiary/aromatic N) is 2. The minimum atomic E-state index is -0.402. The predicted molar refractivity (Wildman–Crippen MR) is 68.3 cm³/mol. The highest BCUT2D eigenvalue weighted by atomic mass is 16.5. The van der Waals surface area contributed by atoms with Gasteiger partial charge in [-0.05, 0) is 27.8 Å². The molecule has 0 aromatic heterocycles. The van der Waals surface area contributed by atoms with Crippen molar-refractivity contribution in [3.8, 4) is 0 Å². The molecular weight excluding hydrogens is 234 g/mol. The molecule has 0 aromatic carbocycles. The predicted octanol–water partition coefficient (Wildman–Crippen LogP) is 0.284. The van der Waals surface area contributed by atoms with E-state index in [0.717, 1.165) is 0 Å². The maximum atomic E-state index is 11.9. The lowest BCUT2D eigenvalue weighted by Gasteiger charge is -2.42. The van der Waals surface area contributed by atoms with E-state index in [1.165, 1.54) is 0 Å². The van der Waals surface area contributed by atoms with Crippen molar-refractivity contribution >= 4 is 12.0 Å². The number of hydrogen-bond donors (Lipinski definition) is 1. The van der Waals surface area contributed by atoms with Crippen LogP contribution in [-0.2, 0) is 9.53 Å². The standard InChI is InChI=1S/C12H23N3O3/c1-5-18-11(16)6-13-12(17)15-7-9(2)14(4)10(3)8-15/h9-10H,5-8H2,1-4H3,(H,13,17). The Bertz CT molecular complexity index is 297. The van der Waals surface area contributed by atoms with Crippen molar-refractivity contribution in [3.63, 3.8) is 0 Å². The zero-order valence-corrected chi connectivity index (χ0v) is 11.6. The van der Waals surface area contributed by atoms with Crippen molar-refractivity contribution in [1.29, 1.82) is 0 Å². The molecule has 1 aliphatic heterocycles. The van der Waals surface area contributed by atoms with Crippen LogP contribution in [0.2, 0.25) is 0 Å².